The van der Waals surface area contributed by atoms with E-state index in [1.54, 1.807) is 0 Å². The molecule has 1 aromatic rings. The maximum atomic E-state index is 10.6. The average Bonchev–Trinajstić information content (AvgIpc) is 2.35. The number of ether oxygens (including phenoxy) is 1. The summed E-state index contributed by atoms with van der Waals surface area (Å²) < 4.78 is 5.83. The number of hydrogen-bond donors (Lipinski definition) is 1. The molecule has 1 aromatic carbocycles. The first kappa shape index (κ1) is 14.2. The van der Waals surface area contributed by atoms with Gasteiger partial charge in [-0.2, -0.15) is 0 Å². The third kappa shape index (κ3) is 3.08. The molecule has 0 fully saturated rings. The van der Waals surface area contributed by atoms with Crippen LogP contribution in [0.5, 0.6) is 0 Å². The SMILES string of the molecule is CCOC(CC)(CC)C(O)c1cccc(C)c1. The van der Waals surface area contributed by atoms with Gasteiger partial charge in [0.05, 0.1) is 5.60 Å². The smallest absolute Gasteiger partial charge is 0.108 e. The van der Waals surface area contributed by atoms with E-state index in [1.165, 1.54) is 5.56 Å². The maximum Gasteiger partial charge on any atom is 0.108 e. The minimum atomic E-state index is -0.558. The molecule has 0 aliphatic rings. The molecule has 0 aromatic heterocycles. The van der Waals surface area contributed by atoms with Crippen molar-refractivity contribution in [2.45, 2.75) is 52.2 Å². The van der Waals surface area contributed by atoms with Crippen molar-refractivity contribution >= 4 is 0 Å². The first-order valence-electron chi connectivity index (χ1n) is 6.48. The Labute approximate surface area is 105 Å². The van der Waals surface area contributed by atoms with Gasteiger partial charge in [0.2, 0.25) is 0 Å². The van der Waals surface area contributed by atoms with Crippen LogP contribution in [0.4, 0.5) is 0 Å². The highest BCUT2D eigenvalue weighted by molar-refractivity contribution is 5.26. The van der Waals surface area contributed by atoms with Gasteiger partial charge in [0, 0.05) is 6.61 Å². The lowest BCUT2D eigenvalue weighted by Gasteiger charge is -2.36. The molecule has 1 unspecified atom stereocenters. The van der Waals surface area contributed by atoms with E-state index >= 15 is 0 Å². The molecule has 1 rings (SSSR count). The quantitative estimate of drug-likeness (QED) is 0.817. The van der Waals surface area contributed by atoms with Crippen LogP contribution in [-0.4, -0.2) is 17.3 Å². The predicted octanol–water partition coefficient (Wildman–Crippen LogP) is 3.62. The molecule has 0 saturated carbocycles. The van der Waals surface area contributed by atoms with Crippen molar-refractivity contribution in [2.24, 2.45) is 0 Å². The summed E-state index contributed by atoms with van der Waals surface area (Å²) in [6, 6.07) is 8.02. The van der Waals surface area contributed by atoms with Gasteiger partial charge in [0.25, 0.3) is 0 Å². The van der Waals surface area contributed by atoms with Crippen molar-refractivity contribution in [1.29, 1.82) is 0 Å². The second kappa shape index (κ2) is 6.18. The van der Waals surface area contributed by atoms with E-state index in [9.17, 15) is 5.11 Å². The minimum absolute atomic E-state index is 0.456. The van der Waals surface area contributed by atoms with Gasteiger partial charge in [0.1, 0.15) is 6.10 Å². The van der Waals surface area contributed by atoms with E-state index in [2.05, 4.69) is 13.8 Å². The van der Waals surface area contributed by atoms with Gasteiger partial charge in [-0.25, -0.2) is 0 Å². The topological polar surface area (TPSA) is 29.5 Å². The summed E-state index contributed by atoms with van der Waals surface area (Å²) >= 11 is 0. The molecule has 0 amide bonds. The van der Waals surface area contributed by atoms with E-state index in [4.69, 9.17) is 4.74 Å². The summed E-state index contributed by atoms with van der Waals surface area (Å²) in [6.45, 7) is 8.78. The summed E-state index contributed by atoms with van der Waals surface area (Å²) in [7, 11) is 0. The Morgan fingerprint density at radius 2 is 1.88 bits per heavy atom. The zero-order chi connectivity index (χ0) is 12.9. The van der Waals surface area contributed by atoms with Gasteiger partial charge in [-0.15, -0.1) is 0 Å². The van der Waals surface area contributed by atoms with Crippen LogP contribution in [0, 0.1) is 6.92 Å². The van der Waals surface area contributed by atoms with Crippen molar-refractivity contribution in [1.82, 2.24) is 0 Å². The monoisotopic (exact) mass is 236 g/mol. The van der Waals surface area contributed by atoms with Crippen LogP contribution in [0.25, 0.3) is 0 Å². The number of rotatable bonds is 6. The van der Waals surface area contributed by atoms with Crippen molar-refractivity contribution in [3.05, 3.63) is 35.4 Å². The molecule has 2 heteroatoms. The fourth-order valence-corrected chi connectivity index (χ4v) is 2.35. The molecular weight excluding hydrogens is 212 g/mol. The Morgan fingerprint density at radius 1 is 1.24 bits per heavy atom. The van der Waals surface area contributed by atoms with E-state index in [-0.39, 0.29) is 0 Å². The summed E-state index contributed by atoms with van der Waals surface area (Å²) in [5.74, 6) is 0. The fraction of sp³-hybridized carbons (Fsp3) is 0.600. The summed E-state index contributed by atoms with van der Waals surface area (Å²) in [5, 5.41) is 10.6. The van der Waals surface area contributed by atoms with Crippen LogP contribution in [-0.2, 0) is 4.74 Å². The van der Waals surface area contributed by atoms with Gasteiger partial charge in [-0.1, -0.05) is 43.7 Å². The highest BCUT2D eigenvalue weighted by Crippen LogP contribution is 2.35. The highest BCUT2D eigenvalue weighted by atomic mass is 16.5. The molecular formula is C15H24O2. The number of hydrogen-bond acceptors (Lipinski definition) is 2. The van der Waals surface area contributed by atoms with E-state index in [1.807, 2.05) is 38.1 Å². The number of aliphatic hydroxyl groups is 1. The van der Waals surface area contributed by atoms with Gasteiger partial charge in [0.15, 0.2) is 0 Å². The molecule has 0 aliphatic carbocycles. The Kier molecular flexibility index (Phi) is 5.16. The van der Waals surface area contributed by atoms with Crippen molar-refractivity contribution < 1.29 is 9.84 Å². The Bertz CT molecular complexity index is 343. The zero-order valence-corrected chi connectivity index (χ0v) is 11.4. The van der Waals surface area contributed by atoms with Crippen LogP contribution in [0.1, 0.15) is 50.8 Å². The van der Waals surface area contributed by atoms with E-state index in [0.717, 1.165) is 18.4 Å². The molecule has 0 spiro atoms. The third-order valence-corrected chi connectivity index (χ3v) is 3.48. The first-order valence-corrected chi connectivity index (χ1v) is 6.48. The normalized spacial score (nSPS) is 13.7. The molecule has 0 heterocycles. The lowest BCUT2D eigenvalue weighted by atomic mass is 9.85. The van der Waals surface area contributed by atoms with Crippen molar-refractivity contribution in [3.63, 3.8) is 0 Å². The highest BCUT2D eigenvalue weighted by Gasteiger charge is 2.36. The minimum Gasteiger partial charge on any atom is -0.385 e. The molecule has 0 saturated heterocycles. The predicted molar refractivity (Wildman–Crippen MR) is 71.1 cm³/mol. The van der Waals surface area contributed by atoms with Crippen molar-refractivity contribution in [2.75, 3.05) is 6.61 Å². The fourth-order valence-electron chi connectivity index (χ4n) is 2.35. The molecule has 0 bridgehead atoms. The summed E-state index contributed by atoms with van der Waals surface area (Å²) in [5.41, 5.74) is 1.66. The number of benzene rings is 1. The summed E-state index contributed by atoms with van der Waals surface area (Å²) in [6.07, 6.45) is 1.07. The van der Waals surface area contributed by atoms with E-state index in [0.29, 0.717) is 6.61 Å². The lowest BCUT2D eigenvalue weighted by Crippen LogP contribution is -2.38. The average molecular weight is 236 g/mol. The second-order valence-electron chi connectivity index (χ2n) is 4.52. The number of aliphatic hydroxyl groups excluding tert-OH is 1. The van der Waals surface area contributed by atoms with E-state index < -0.39 is 11.7 Å². The molecule has 17 heavy (non-hydrogen) atoms. The van der Waals surface area contributed by atoms with Gasteiger partial charge in [-0.3, -0.25) is 0 Å². The Balaban J connectivity index is 3.02. The summed E-state index contributed by atoms with van der Waals surface area (Å²) in [4.78, 5) is 0. The Hall–Kier alpha value is -0.860. The van der Waals surface area contributed by atoms with Gasteiger partial charge >= 0.3 is 0 Å². The van der Waals surface area contributed by atoms with Crippen LogP contribution in [0.15, 0.2) is 24.3 Å². The van der Waals surface area contributed by atoms with Crippen LogP contribution >= 0.6 is 0 Å². The molecule has 0 radical (unpaired) electrons. The Morgan fingerprint density at radius 3 is 2.35 bits per heavy atom. The van der Waals surface area contributed by atoms with Crippen molar-refractivity contribution in [3.8, 4) is 0 Å². The standard InChI is InChI=1S/C15H24O2/c1-5-15(6-2,17-7-3)14(16)13-10-8-9-12(4)11-13/h8-11,14,16H,5-7H2,1-4H3. The molecule has 2 nitrogen and oxygen atoms in total. The first-order chi connectivity index (χ1) is 8.09. The van der Waals surface area contributed by atoms with Crippen LogP contribution < -0.4 is 0 Å². The third-order valence-electron chi connectivity index (χ3n) is 3.48. The second-order valence-corrected chi connectivity index (χ2v) is 4.52. The molecule has 1 atom stereocenters. The zero-order valence-electron chi connectivity index (χ0n) is 11.4. The van der Waals surface area contributed by atoms with Gasteiger partial charge in [-0.05, 0) is 32.3 Å². The molecule has 1 N–H and O–H groups in total. The lowest BCUT2D eigenvalue weighted by molar-refractivity contribution is -0.127. The molecule has 96 valence electrons. The van der Waals surface area contributed by atoms with Gasteiger partial charge < -0.3 is 9.84 Å². The maximum absolute atomic E-state index is 10.6. The molecule has 0 aliphatic heterocycles. The number of aryl methyl sites for hydroxylation is 1. The largest absolute Gasteiger partial charge is 0.385 e. The van der Waals surface area contributed by atoms with Crippen LogP contribution in [0.3, 0.4) is 0 Å². The van der Waals surface area contributed by atoms with Crippen LogP contribution in [0.2, 0.25) is 0 Å².